The second kappa shape index (κ2) is 12.9. The Kier molecular flexibility index (Phi) is 11.5. The van der Waals surface area contributed by atoms with Crippen molar-refractivity contribution in [3.8, 4) is 0 Å². The van der Waals surface area contributed by atoms with Crippen LogP contribution in [0, 0.1) is 10.8 Å². The summed E-state index contributed by atoms with van der Waals surface area (Å²) in [5.41, 5.74) is 7.34. The largest absolute Gasteiger partial charge is 0.285 e. The van der Waals surface area contributed by atoms with Crippen LogP contribution < -0.4 is 0 Å². The van der Waals surface area contributed by atoms with E-state index in [1.54, 1.807) is 0 Å². The van der Waals surface area contributed by atoms with Crippen LogP contribution in [-0.4, -0.2) is 27.2 Å². The normalized spacial score (nSPS) is 14.8. The van der Waals surface area contributed by atoms with Gasteiger partial charge in [0.1, 0.15) is 5.82 Å². The zero-order valence-electron chi connectivity index (χ0n) is 30.0. The fraction of sp³-hybridized carbons (Fsp3) is 0.676. The first-order chi connectivity index (χ1) is 18.1. The van der Waals surface area contributed by atoms with Gasteiger partial charge in [-0.25, -0.2) is 9.97 Å². The van der Waals surface area contributed by atoms with Gasteiger partial charge in [-0.05, 0) is 45.1 Å². The molecule has 1 aliphatic heterocycles. The van der Waals surface area contributed by atoms with E-state index in [1.165, 1.54) is 22.4 Å². The summed E-state index contributed by atoms with van der Waals surface area (Å²) in [6.45, 7) is 40.4. The molecule has 3 rings (SSSR count). The fourth-order valence-electron chi connectivity index (χ4n) is 3.72. The maximum Gasteiger partial charge on any atom is 0.133 e. The Bertz CT molecular complexity index is 1020. The summed E-state index contributed by atoms with van der Waals surface area (Å²) < 4.78 is 0. The van der Waals surface area contributed by atoms with Crippen molar-refractivity contribution < 1.29 is 0 Å². The molecule has 4 heteroatoms. The first-order valence-corrected chi connectivity index (χ1v) is 15.2. The number of pyridine rings is 1. The highest BCUT2D eigenvalue weighted by Gasteiger charge is 2.26. The molecule has 0 saturated carbocycles. The Morgan fingerprint density at radius 3 is 1.20 bits per heavy atom. The summed E-state index contributed by atoms with van der Waals surface area (Å²) in [5.74, 6) is 0.908. The second-order valence-corrected chi connectivity index (χ2v) is 17.6. The highest BCUT2D eigenvalue weighted by Crippen LogP contribution is 2.32. The third-order valence-corrected chi connectivity index (χ3v) is 7.05. The Labute approximate surface area is 254 Å². The molecule has 0 spiro atoms. The minimum Gasteiger partial charge on any atom is -0.285 e. The number of hydrogen-bond donors (Lipinski definition) is 0. The van der Waals surface area contributed by atoms with E-state index >= 15 is 0 Å². The van der Waals surface area contributed by atoms with Gasteiger partial charge >= 0.3 is 0 Å². The fourth-order valence-corrected chi connectivity index (χ4v) is 3.72. The molecule has 230 valence electrons. The standard InChI is InChI=1S/C13H21N.C12H20N2.C12H21N/c1-12(2,3)10-7-8-11(14-9-10)13(4,5)6;1-11(2,3)9-7-13-10(14-8-9)12(4,5)6;1-11(2,3)9-7-10(13-8-9)12(4,5)6/h7-9H,1-6H3;7-8H,1-6H3;7H,8H2,1-6H3. The lowest BCUT2D eigenvalue weighted by molar-refractivity contribution is 0.499. The maximum absolute atomic E-state index is 4.58. The molecular formula is C37H62N4. The maximum atomic E-state index is 4.58. The van der Waals surface area contributed by atoms with E-state index in [0.717, 1.165) is 18.1 Å². The van der Waals surface area contributed by atoms with E-state index in [-0.39, 0.29) is 32.5 Å². The molecule has 0 aromatic carbocycles. The third kappa shape index (κ3) is 12.2. The Balaban J connectivity index is 0.000000308. The molecular weight excluding hydrogens is 500 g/mol. The number of nitrogens with zero attached hydrogens (tertiary/aromatic N) is 4. The zero-order chi connectivity index (χ0) is 32.2. The minimum atomic E-state index is 0.0381. The van der Waals surface area contributed by atoms with Crippen molar-refractivity contribution in [2.24, 2.45) is 15.8 Å². The first-order valence-electron chi connectivity index (χ1n) is 15.2. The molecule has 2 aromatic heterocycles. The van der Waals surface area contributed by atoms with Gasteiger partial charge in [0.2, 0.25) is 0 Å². The quantitative estimate of drug-likeness (QED) is 0.321. The average Bonchev–Trinajstić information content (AvgIpc) is 3.30. The summed E-state index contributed by atoms with van der Waals surface area (Å²) in [5, 5.41) is 0. The van der Waals surface area contributed by atoms with Gasteiger partial charge in [0, 0.05) is 46.2 Å². The van der Waals surface area contributed by atoms with Crippen LogP contribution in [0.1, 0.15) is 147 Å². The van der Waals surface area contributed by atoms with Crippen molar-refractivity contribution in [1.82, 2.24) is 15.0 Å². The van der Waals surface area contributed by atoms with E-state index in [1.807, 2.05) is 18.6 Å². The van der Waals surface area contributed by atoms with Gasteiger partial charge in [0.25, 0.3) is 0 Å². The lowest BCUT2D eigenvalue weighted by Gasteiger charge is -2.22. The van der Waals surface area contributed by atoms with E-state index in [0.29, 0.717) is 0 Å². The Morgan fingerprint density at radius 1 is 0.463 bits per heavy atom. The molecule has 0 bridgehead atoms. The van der Waals surface area contributed by atoms with Crippen molar-refractivity contribution in [2.45, 2.75) is 146 Å². The number of allylic oxidation sites excluding steroid dienone is 1. The first kappa shape index (κ1) is 36.7. The molecule has 0 atom stereocenters. The van der Waals surface area contributed by atoms with E-state index in [4.69, 9.17) is 0 Å². The molecule has 3 heterocycles. The average molecular weight is 563 g/mol. The molecule has 2 aromatic rings. The molecule has 4 nitrogen and oxygen atoms in total. The predicted octanol–water partition coefficient (Wildman–Crippen LogP) is 10.2. The van der Waals surface area contributed by atoms with Gasteiger partial charge in [0.05, 0.1) is 6.54 Å². The van der Waals surface area contributed by atoms with Gasteiger partial charge in [-0.15, -0.1) is 0 Å². The van der Waals surface area contributed by atoms with Crippen LogP contribution in [0.3, 0.4) is 0 Å². The summed E-state index contributed by atoms with van der Waals surface area (Å²) >= 11 is 0. The number of hydrogen-bond acceptors (Lipinski definition) is 4. The van der Waals surface area contributed by atoms with E-state index in [2.05, 4.69) is 163 Å². The Hall–Kier alpha value is -2.36. The summed E-state index contributed by atoms with van der Waals surface area (Å²) in [6.07, 6.45) is 8.15. The summed E-state index contributed by atoms with van der Waals surface area (Å²) in [7, 11) is 0. The van der Waals surface area contributed by atoms with Crippen molar-refractivity contribution >= 4 is 5.71 Å². The highest BCUT2D eigenvalue weighted by atomic mass is 14.9. The van der Waals surface area contributed by atoms with Crippen molar-refractivity contribution in [2.75, 3.05) is 6.54 Å². The van der Waals surface area contributed by atoms with Crippen LogP contribution in [0.5, 0.6) is 0 Å². The smallest absolute Gasteiger partial charge is 0.133 e. The SMILES string of the molecule is CC(C)(C)C1=CC(C(C)(C)C)=NC1.CC(C)(C)c1ccc(C(C)(C)C)nc1.CC(C)(C)c1cnc(C(C)(C)C)nc1. The van der Waals surface area contributed by atoms with E-state index < -0.39 is 0 Å². The lowest BCUT2D eigenvalue weighted by atomic mass is 9.84. The van der Waals surface area contributed by atoms with Crippen LogP contribution >= 0.6 is 0 Å². The molecule has 0 unspecified atom stereocenters. The van der Waals surface area contributed by atoms with Crippen LogP contribution in [0.25, 0.3) is 0 Å². The monoisotopic (exact) mass is 562 g/mol. The molecule has 0 N–H and O–H groups in total. The molecule has 0 aliphatic carbocycles. The van der Waals surface area contributed by atoms with Crippen molar-refractivity contribution in [1.29, 1.82) is 0 Å². The third-order valence-electron chi connectivity index (χ3n) is 7.05. The topological polar surface area (TPSA) is 51.0 Å². The molecule has 41 heavy (non-hydrogen) atoms. The van der Waals surface area contributed by atoms with Crippen molar-refractivity contribution in [3.05, 3.63) is 65.0 Å². The van der Waals surface area contributed by atoms with Crippen LogP contribution in [0.15, 0.2) is 47.4 Å². The zero-order valence-corrected chi connectivity index (χ0v) is 30.0. The van der Waals surface area contributed by atoms with Crippen molar-refractivity contribution in [3.63, 3.8) is 0 Å². The molecule has 0 fully saturated rings. The molecule has 0 saturated heterocycles. The lowest BCUT2D eigenvalue weighted by Crippen LogP contribution is -2.18. The summed E-state index contributed by atoms with van der Waals surface area (Å²) in [6, 6.07) is 4.33. The Morgan fingerprint density at radius 2 is 0.927 bits per heavy atom. The number of aromatic nitrogens is 3. The van der Waals surface area contributed by atoms with Gasteiger partial charge < -0.3 is 0 Å². The second-order valence-electron chi connectivity index (χ2n) is 17.6. The molecule has 0 amide bonds. The van der Waals surface area contributed by atoms with Crippen LogP contribution in [0.4, 0.5) is 0 Å². The summed E-state index contributed by atoms with van der Waals surface area (Å²) in [4.78, 5) is 17.9. The predicted molar refractivity (Wildman–Crippen MR) is 180 cm³/mol. The highest BCUT2D eigenvalue weighted by molar-refractivity contribution is 6.01. The van der Waals surface area contributed by atoms with Gasteiger partial charge in [-0.2, -0.15) is 0 Å². The van der Waals surface area contributed by atoms with Gasteiger partial charge in [0.15, 0.2) is 0 Å². The van der Waals surface area contributed by atoms with Crippen LogP contribution in [-0.2, 0) is 21.7 Å². The number of aliphatic imine (C=N–C) groups is 1. The number of rotatable bonds is 0. The van der Waals surface area contributed by atoms with Crippen LogP contribution in [0.2, 0.25) is 0 Å². The molecule has 0 radical (unpaired) electrons. The van der Waals surface area contributed by atoms with Gasteiger partial charge in [-0.3, -0.25) is 9.98 Å². The minimum absolute atomic E-state index is 0.0381. The van der Waals surface area contributed by atoms with Gasteiger partial charge in [-0.1, -0.05) is 131 Å². The molecule has 1 aliphatic rings. The van der Waals surface area contributed by atoms with E-state index in [9.17, 15) is 0 Å².